The zero-order chi connectivity index (χ0) is 23.3. The van der Waals surface area contributed by atoms with Gasteiger partial charge in [0.1, 0.15) is 0 Å². The van der Waals surface area contributed by atoms with Crippen molar-refractivity contribution in [2.24, 2.45) is 5.92 Å². The molecule has 0 aliphatic carbocycles. The van der Waals surface area contributed by atoms with E-state index in [1.54, 1.807) is 18.3 Å². The minimum Gasteiger partial charge on any atom is -0.361 e. The number of piperidine rings is 1. The third-order valence-corrected chi connectivity index (χ3v) is 6.95. The molecule has 5 rings (SSSR count). The predicted octanol–water partition coefficient (Wildman–Crippen LogP) is 3.80. The Hall–Kier alpha value is -3.43. The van der Waals surface area contributed by atoms with Gasteiger partial charge in [-0.2, -0.15) is 0 Å². The lowest BCUT2D eigenvalue weighted by molar-refractivity contribution is -0.115. The molecule has 2 aromatic heterocycles. The number of aromatic amines is 1. The highest BCUT2D eigenvalue weighted by molar-refractivity contribution is 8.18. The number of carbonyl (C=O) groups excluding carboxylic acids is 2. The molecule has 4 heterocycles. The second kappa shape index (κ2) is 10.2. The summed E-state index contributed by atoms with van der Waals surface area (Å²) < 4.78 is 0. The minimum absolute atomic E-state index is 0.353. The van der Waals surface area contributed by atoms with Crippen LogP contribution in [0.1, 0.15) is 24.1 Å². The van der Waals surface area contributed by atoms with Crippen LogP contribution >= 0.6 is 11.8 Å². The number of carbonyl (C=O) groups is 2. The van der Waals surface area contributed by atoms with Crippen LogP contribution in [0.15, 0.2) is 59.8 Å². The van der Waals surface area contributed by atoms with Crippen LogP contribution in [-0.4, -0.2) is 45.7 Å². The molecular weight excluding hydrogens is 448 g/mol. The van der Waals surface area contributed by atoms with Crippen LogP contribution in [0.3, 0.4) is 0 Å². The van der Waals surface area contributed by atoms with E-state index in [2.05, 4.69) is 60.8 Å². The molecule has 3 aromatic rings. The maximum absolute atomic E-state index is 11.8. The lowest BCUT2D eigenvalue weighted by atomic mass is 9.96. The maximum Gasteiger partial charge on any atom is 0.290 e. The average molecular weight is 475 g/mol. The normalized spacial score (nSPS) is 18.0. The number of hydrogen-bond donors (Lipinski definition) is 3. The number of rotatable bonds is 7. The number of thioether (sulfide) groups is 1. The first-order valence-corrected chi connectivity index (χ1v) is 12.2. The Bertz CT molecular complexity index is 1200. The van der Waals surface area contributed by atoms with Gasteiger partial charge in [-0.1, -0.05) is 24.3 Å². The van der Waals surface area contributed by atoms with Crippen LogP contribution in [0.2, 0.25) is 0 Å². The van der Waals surface area contributed by atoms with Gasteiger partial charge in [0.25, 0.3) is 11.1 Å². The van der Waals surface area contributed by atoms with Crippen molar-refractivity contribution >= 4 is 34.9 Å². The van der Waals surface area contributed by atoms with E-state index in [9.17, 15) is 9.59 Å². The summed E-state index contributed by atoms with van der Waals surface area (Å²) in [5, 5.41) is 5.56. The zero-order valence-electron chi connectivity index (χ0n) is 18.7. The van der Waals surface area contributed by atoms with Gasteiger partial charge in [-0.15, -0.1) is 0 Å². The lowest BCUT2D eigenvalue weighted by Crippen LogP contribution is -2.38. The van der Waals surface area contributed by atoms with E-state index < -0.39 is 0 Å². The molecule has 2 aliphatic rings. The zero-order valence-corrected chi connectivity index (χ0v) is 19.5. The van der Waals surface area contributed by atoms with Crippen LogP contribution in [0.25, 0.3) is 17.3 Å². The van der Waals surface area contributed by atoms with Crippen LogP contribution in [0, 0.1) is 5.92 Å². The smallest absolute Gasteiger partial charge is 0.290 e. The molecule has 0 bridgehead atoms. The molecule has 2 amide bonds. The third-order valence-electron chi connectivity index (χ3n) is 6.14. The molecular formula is C25H26N6O2S. The van der Waals surface area contributed by atoms with Gasteiger partial charge in [0.05, 0.1) is 10.6 Å². The molecule has 9 heteroatoms. The standard InChI is InChI=1S/C25H26N6O2S/c32-23-22(34-25(33)30-23)14-19-7-11-28-24(29-19)31-12-8-17(9-13-31)15-26-16-18-4-1-2-5-20(18)21-6-3-10-27-21/h1-7,10-11,14,17,26-27H,8-9,12-13,15-16H2,(H,30,32,33). The number of anilines is 1. The predicted molar refractivity (Wildman–Crippen MR) is 134 cm³/mol. The van der Waals surface area contributed by atoms with E-state index in [4.69, 9.17) is 0 Å². The van der Waals surface area contributed by atoms with Crippen LogP contribution in [0.5, 0.6) is 0 Å². The van der Waals surface area contributed by atoms with Crippen molar-refractivity contribution in [1.82, 2.24) is 25.6 Å². The Kier molecular flexibility index (Phi) is 6.73. The number of benzene rings is 1. The second-order valence-corrected chi connectivity index (χ2v) is 9.45. The number of imide groups is 1. The Labute approximate surface area is 202 Å². The molecule has 0 atom stereocenters. The van der Waals surface area contributed by atoms with Crippen molar-refractivity contribution in [3.8, 4) is 11.3 Å². The fourth-order valence-electron chi connectivity index (χ4n) is 4.33. The number of amides is 2. The Morgan fingerprint density at radius 2 is 1.97 bits per heavy atom. The molecule has 3 N–H and O–H groups in total. The van der Waals surface area contributed by atoms with Gasteiger partial charge in [-0.05, 0) is 66.9 Å². The van der Waals surface area contributed by atoms with Crippen molar-refractivity contribution in [3.05, 3.63) is 71.0 Å². The molecule has 2 saturated heterocycles. The summed E-state index contributed by atoms with van der Waals surface area (Å²) in [5.74, 6) is 0.887. The first kappa shape index (κ1) is 22.4. The van der Waals surface area contributed by atoms with E-state index in [1.807, 2.05) is 12.3 Å². The molecule has 1 aromatic carbocycles. The summed E-state index contributed by atoms with van der Waals surface area (Å²) in [6, 6.07) is 14.4. The molecule has 34 heavy (non-hydrogen) atoms. The summed E-state index contributed by atoms with van der Waals surface area (Å²) >= 11 is 0.895. The van der Waals surface area contributed by atoms with Crippen molar-refractivity contribution in [2.75, 3.05) is 24.5 Å². The molecule has 8 nitrogen and oxygen atoms in total. The Morgan fingerprint density at radius 1 is 1.12 bits per heavy atom. The van der Waals surface area contributed by atoms with Crippen LogP contribution in [0.4, 0.5) is 10.7 Å². The van der Waals surface area contributed by atoms with E-state index in [0.717, 1.165) is 56.5 Å². The quantitative estimate of drug-likeness (QED) is 0.448. The molecule has 2 fully saturated rings. The molecule has 0 unspecified atom stereocenters. The number of hydrogen-bond acceptors (Lipinski definition) is 7. The highest BCUT2D eigenvalue weighted by Gasteiger charge is 2.25. The number of aromatic nitrogens is 3. The van der Waals surface area contributed by atoms with Crippen LogP contribution < -0.4 is 15.5 Å². The average Bonchev–Trinajstić information content (AvgIpc) is 3.50. The van der Waals surface area contributed by atoms with E-state index >= 15 is 0 Å². The van der Waals surface area contributed by atoms with Crippen molar-refractivity contribution in [2.45, 2.75) is 19.4 Å². The first-order chi connectivity index (χ1) is 16.7. The second-order valence-electron chi connectivity index (χ2n) is 8.44. The van der Waals surface area contributed by atoms with E-state index in [1.165, 1.54) is 11.1 Å². The van der Waals surface area contributed by atoms with Gasteiger partial charge in [0, 0.05) is 43.3 Å². The highest BCUT2D eigenvalue weighted by atomic mass is 32.2. The summed E-state index contributed by atoms with van der Waals surface area (Å²) in [7, 11) is 0. The molecule has 174 valence electrons. The third kappa shape index (κ3) is 5.21. The first-order valence-electron chi connectivity index (χ1n) is 11.4. The van der Waals surface area contributed by atoms with Gasteiger partial charge >= 0.3 is 0 Å². The van der Waals surface area contributed by atoms with Gasteiger partial charge in [-0.25, -0.2) is 9.97 Å². The number of H-pyrrole nitrogens is 1. The fourth-order valence-corrected chi connectivity index (χ4v) is 5.00. The highest BCUT2D eigenvalue weighted by Crippen LogP contribution is 2.26. The lowest BCUT2D eigenvalue weighted by Gasteiger charge is -2.32. The molecule has 0 radical (unpaired) electrons. The van der Waals surface area contributed by atoms with Gasteiger partial charge in [0.15, 0.2) is 0 Å². The Morgan fingerprint density at radius 3 is 2.74 bits per heavy atom. The largest absolute Gasteiger partial charge is 0.361 e. The summed E-state index contributed by atoms with van der Waals surface area (Å²) in [6.07, 6.45) is 7.41. The monoisotopic (exact) mass is 474 g/mol. The van der Waals surface area contributed by atoms with Gasteiger partial charge in [-0.3, -0.25) is 14.9 Å². The van der Waals surface area contributed by atoms with Crippen LogP contribution in [-0.2, 0) is 11.3 Å². The fraction of sp³-hybridized carbons (Fsp3) is 0.280. The number of nitrogens with zero attached hydrogens (tertiary/aromatic N) is 3. The van der Waals surface area contributed by atoms with Crippen molar-refractivity contribution in [1.29, 1.82) is 0 Å². The van der Waals surface area contributed by atoms with Crippen molar-refractivity contribution in [3.63, 3.8) is 0 Å². The topological polar surface area (TPSA) is 103 Å². The van der Waals surface area contributed by atoms with Crippen molar-refractivity contribution < 1.29 is 9.59 Å². The molecule has 0 saturated carbocycles. The Balaban J connectivity index is 1.13. The molecule has 2 aliphatic heterocycles. The maximum atomic E-state index is 11.8. The minimum atomic E-state index is -0.376. The van der Waals surface area contributed by atoms with Gasteiger partial charge < -0.3 is 15.2 Å². The summed E-state index contributed by atoms with van der Waals surface area (Å²) in [4.78, 5) is 38.0. The number of nitrogens with one attached hydrogen (secondary N) is 3. The molecule has 0 spiro atoms. The SMILES string of the molecule is O=C1NC(=O)C(=Cc2ccnc(N3CCC(CNCc4ccccc4-c4ccc[nH]4)CC3)n2)S1. The summed E-state index contributed by atoms with van der Waals surface area (Å²) in [5.41, 5.74) is 4.29. The van der Waals surface area contributed by atoms with E-state index in [-0.39, 0.29) is 11.1 Å². The van der Waals surface area contributed by atoms with Gasteiger partial charge in [0.2, 0.25) is 5.95 Å². The van der Waals surface area contributed by atoms with E-state index in [0.29, 0.717) is 22.5 Å². The summed E-state index contributed by atoms with van der Waals surface area (Å²) in [6.45, 7) is 3.59.